The van der Waals surface area contributed by atoms with E-state index in [1.165, 1.54) is 20.2 Å². The van der Waals surface area contributed by atoms with Crippen molar-refractivity contribution in [3.05, 3.63) is 127 Å². The molecular formula is C37H23N3OS. The second-order valence-electron chi connectivity index (χ2n) is 10.7. The third-order valence-electron chi connectivity index (χ3n) is 8.19. The molecule has 0 N–H and O–H groups in total. The van der Waals surface area contributed by atoms with E-state index in [0.29, 0.717) is 5.71 Å². The van der Waals surface area contributed by atoms with E-state index in [-0.39, 0.29) is 0 Å². The zero-order chi connectivity index (χ0) is 27.8. The van der Waals surface area contributed by atoms with E-state index in [9.17, 15) is 0 Å². The van der Waals surface area contributed by atoms with Gasteiger partial charge in [0, 0.05) is 42.2 Å². The van der Waals surface area contributed by atoms with E-state index in [1.807, 2.05) is 35.6 Å². The minimum Gasteiger partial charge on any atom is -0.437 e. The van der Waals surface area contributed by atoms with E-state index in [4.69, 9.17) is 14.4 Å². The van der Waals surface area contributed by atoms with Crippen molar-refractivity contribution >= 4 is 64.6 Å². The number of nitrogens with zero attached hydrogens (tertiary/aromatic N) is 3. The molecule has 198 valence electrons. The van der Waals surface area contributed by atoms with Crippen LogP contribution in [0.3, 0.4) is 0 Å². The SMILES string of the molecule is Cc1ccc(-c2nc3ccccc3n2-c2ccc3c(c2)sc2ccccc23)c2oc3nc(-c4ccccc4)ccc3c12. The number of rotatable bonds is 3. The highest BCUT2D eigenvalue weighted by Gasteiger charge is 2.22. The van der Waals surface area contributed by atoms with Crippen molar-refractivity contribution in [2.45, 2.75) is 6.92 Å². The van der Waals surface area contributed by atoms with Crippen LogP contribution in [0.25, 0.3) is 81.6 Å². The molecule has 0 fully saturated rings. The lowest BCUT2D eigenvalue weighted by Crippen LogP contribution is -1.98. The van der Waals surface area contributed by atoms with Crippen molar-refractivity contribution in [2.75, 3.05) is 0 Å². The summed E-state index contributed by atoms with van der Waals surface area (Å²) in [6, 6.07) is 42.4. The first-order valence-corrected chi connectivity index (χ1v) is 14.8. The lowest BCUT2D eigenvalue weighted by molar-refractivity contribution is 0.655. The van der Waals surface area contributed by atoms with Gasteiger partial charge in [0.2, 0.25) is 5.71 Å². The van der Waals surface area contributed by atoms with Crippen molar-refractivity contribution in [3.8, 4) is 28.3 Å². The van der Waals surface area contributed by atoms with Crippen molar-refractivity contribution in [1.82, 2.24) is 14.5 Å². The van der Waals surface area contributed by atoms with Crippen LogP contribution in [0.2, 0.25) is 0 Å². The van der Waals surface area contributed by atoms with Gasteiger partial charge in [0.25, 0.3) is 0 Å². The number of fused-ring (bicyclic) bond motifs is 7. The number of aryl methyl sites for hydroxylation is 1. The van der Waals surface area contributed by atoms with Crippen LogP contribution in [0.5, 0.6) is 0 Å². The Morgan fingerprint density at radius 1 is 0.667 bits per heavy atom. The maximum Gasteiger partial charge on any atom is 0.227 e. The standard InChI is InChI=1S/C37H23N3OS/c1-22-15-17-28(35-34(22)27-19-20-29(39-37(27)41-35)23-9-3-2-4-10-23)36-38-30-12-6-7-13-31(30)40(36)24-16-18-26-25-11-5-8-14-32(25)42-33(26)21-24/h2-21H,1H3. The first kappa shape index (κ1) is 23.4. The van der Waals surface area contributed by atoms with Crippen molar-refractivity contribution in [2.24, 2.45) is 0 Å². The van der Waals surface area contributed by atoms with Gasteiger partial charge in [0.1, 0.15) is 11.4 Å². The summed E-state index contributed by atoms with van der Waals surface area (Å²) in [7, 11) is 0. The molecule has 42 heavy (non-hydrogen) atoms. The number of furan rings is 1. The topological polar surface area (TPSA) is 43.9 Å². The largest absolute Gasteiger partial charge is 0.437 e. The Kier molecular flexibility index (Phi) is 4.95. The van der Waals surface area contributed by atoms with Crippen molar-refractivity contribution in [1.29, 1.82) is 0 Å². The Bertz CT molecular complexity index is 2480. The summed E-state index contributed by atoms with van der Waals surface area (Å²) in [5.74, 6) is 0.851. The Balaban J connectivity index is 1.31. The highest BCUT2D eigenvalue weighted by molar-refractivity contribution is 7.25. The van der Waals surface area contributed by atoms with Gasteiger partial charge in [-0.05, 0) is 61.0 Å². The van der Waals surface area contributed by atoms with Gasteiger partial charge in [-0.3, -0.25) is 4.57 Å². The number of para-hydroxylation sites is 2. The predicted molar refractivity (Wildman–Crippen MR) is 175 cm³/mol. The molecule has 0 unspecified atom stereocenters. The molecule has 4 aromatic heterocycles. The Labute approximate surface area is 245 Å². The van der Waals surface area contributed by atoms with Crippen LogP contribution in [0.15, 0.2) is 126 Å². The molecule has 9 aromatic rings. The quantitative estimate of drug-likeness (QED) is 0.217. The normalized spacial score (nSPS) is 11.9. The average molecular weight is 558 g/mol. The van der Waals surface area contributed by atoms with Crippen LogP contribution >= 0.6 is 11.3 Å². The monoisotopic (exact) mass is 557 g/mol. The maximum atomic E-state index is 6.62. The molecule has 0 bridgehead atoms. The molecule has 0 amide bonds. The molecule has 0 saturated heterocycles. The highest BCUT2D eigenvalue weighted by Crippen LogP contribution is 2.41. The minimum absolute atomic E-state index is 0.635. The van der Waals surface area contributed by atoms with Crippen LogP contribution in [0.4, 0.5) is 0 Å². The summed E-state index contributed by atoms with van der Waals surface area (Å²) >= 11 is 1.83. The van der Waals surface area contributed by atoms with Crippen LogP contribution < -0.4 is 0 Å². The van der Waals surface area contributed by atoms with Gasteiger partial charge >= 0.3 is 0 Å². The molecule has 4 heterocycles. The zero-order valence-electron chi connectivity index (χ0n) is 22.7. The fraction of sp³-hybridized carbons (Fsp3) is 0.0270. The molecule has 9 rings (SSSR count). The Morgan fingerprint density at radius 2 is 1.45 bits per heavy atom. The molecule has 0 aliphatic rings. The third-order valence-corrected chi connectivity index (χ3v) is 9.32. The van der Waals surface area contributed by atoms with Gasteiger partial charge in [0.15, 0.2) is 0 Å². The fourth-order valence-corrected chi connectivity index (χ4v) is 7.33. The number of hydrogen-bond acceptors (Lipinski definition) is 4. The lowest BCUT2D eigenvalue weighted by atomic mass is 10.0. The fourth-order valence-electron chi connectivity index (χ4n) is 6.19. The second-order valence-corrected chi connectivity index (χ2v) is 11.8. The molecule has 0 saturated carbocycles. The number of aromatic nitrogens is 3. The summed E-state index contributed by atoms with van der Waals surface area (Å²) in [5.41, 5.74) is 8.57. The molecule has 0 atom stereocenters. The lowest BCUT2D eigenvalue weighted by Gasteiger charge is -2.11. The molecule has 5 aromatic carbocycles. The highest BCUT2D eigenvalue weighted by atomic mass is 32.1. The first-order chi connectivity index (χ1) is 20.7. The number of benzene rings is 5. The Morgan fingerprint density at radius 3 is 2.38 bits per heavy atom. The summed E-state index contributed by atoms with van der Waals surface area (Å²) in [6.07, 6.45) is 0. The number of hydrogen-bond donors (Lipinski definition) is 0. The van der Waals surface area contributed by atoms with Crippen molar-refractivity contribution in [3.63, 3.8) is 0 Å². The average Bonchev–Trinajstić information content (AvgIpc) is 3.72. The van der Waals surface area contributed by atoms with E-state index in [2.05, 4.69) is 109 Å². The van der Waals surface area contributed by atoms with Crippen LogP contribution in [-0.2, 0) is 0 Å². The zero-order valence-corrected chi connectivity index (χ0v) is 23.5. The van der Waals surface area contributed by atoms with Gasteiger partial charge < -0.3 is 4.42 Å². The van der Waals surface area contributed by atoms with Crippen molar-refractivity contribution < 1.29 is 4.42 Å². The Hall–Kier alpha value is -5.26. The molecule has 0 aliphatic heterocycles. The van der Waals surface area contributed by atoms with Gasteiger partial charge in [-0.15, -0.1) is 11.3 Å². The van der Waals surface area contributed by atoms with Crippen LogP contribution in [0.1, 0.15) is 5.56 Å². The van der Waals surface area contributed by atoms with E-state index in [1.54, 1.807) is 0 Å². The van der Waals surface area contributed by atoms with Gasteiger partial charge in [0.05, 0.1) is 22.3 Å². The van der Waals surface area contributed by atoms with E-state index >= 15 is 0 Å². The van der Waals surface area contributed by atoms with Gasteiger partial charge in [-0.1, -0.05) is 72.8 Å². The number of thiophene rings is 1. The van der Waals surface area contributed by atoms with E-state index < -0.39 is 0 Å². The van der Waals surface area contributed by atoms with Gasteiger partial charge in [-0.25, -0.2) is 9.97 Å². The molecule has 0 radical (unpaired) electrons. The van der Waals surface area contributed by atoms with Gasteiger partial charge in [-0.2, -0.15) is 0 Å². The molecule has 4 nitrogen and oxygen atoms in total. The first-order valence-electron chi connectivity index (χ1n) is 14.0. The predicted octanol–water partition coefficient (Wildman–Crippen LogP) is 10.3. The summed E-state index contributed by atoms with van der Waals surface area (Å²) < 4.78 is 11.4. The van der Waals surface area contributed by atoms with Crippen LogP contribution in [0, 0.1) is 6.92 Å². The minimum atomic E-state index is 0.635. The van der Waals surface area contributed by atoms with E-state index in [0.717, 1.165) is 61.3 Å². The smallest absolute Gasteiger partial charge is 0.227 e. The molecule has 0 aliphatic carbocycles. The summed E-state index contributed by atoms with van der Waals surface area (Å²) in [5, 5.41) is 4.66. The molecule has 5 heteroatoms. The third kappa shape index (κ3) is 3.41. The molecule has 0 spiro atoms. The number of pyridine rings is 1. The van der Waals surface area contributed by atoms with Crippen LogP contribution in [-0.4, -0.2) is 14.5 Å². The summed E-state index contributed by atoms with van der Waals surface area (Å²) in [4.78, 5) is 10.1. The maximum absolute atomic E-state index is 6.62. The number of imidazole rings is 1. The second kappa shape index (κ2) is 8.87. The molecular weight excluding hydrogens is 534 g/mol. The summed E-state index contributed by atoms with van der Waals surface area (Å²) in [6.45, 7) is 2.13.